The van der Waals surface area contributed by atoms with Crippen LogP contribution in [0, 0.1) is 0 Å². The summed E-state index contributed by atoms with van der Waals surface area (Å²) in [4.78, 5) is 19.1. The van der Waals surface area contributed by atoms with Crippen LogP contribution in [0.15, 0.2) is 12.8 Å². The van der Waals surface area contributed by atoms with Gasteiger partial charge in [-0.3, -0.25) is 0 Å². The van der Waals surface area contributed by atoms with Crippen molar-refractivity contribution in [3.8, 4) is 0 Å². The lowest BCUT2D eigenvalue weighted by molar-refractivity contribution is -0.255. The third kappa shape index (κ3) is 0.788. The van der Waals surface area contributed by atoms with E-state index in [2.05, 4.69) is 16.3 Å². The highest BCUT2D eigenvalue weighted by molar-refractivity contribution is 5.71. The molecule has 4 heteroatoms. The van der Waals surface area contributed by atoms with Crippen molar-refractivity contribution in [1.29, 1.82) is 0 Å². The van der Waals surface area contributed by atoms with E-state index in [1.165, 1.54) is 6.20 Å². The maximum absolute atomic E-state index is 10.2. The summed E-state index contributed by atoms with van der Waals surface area (Å²) < 4.78 is 0. The molecule has 1 fully saturated rings. The Morgan fingerprint density at radius 2 is 2.62 bits per heavy atom. The van der Waals surface area contributed by atoms with Crippen LogP contribution in [0.5, 0.6) is 0 Å². The lowest BCUT2D eigenvalue weighted by Gasteiger charge is -2.02. The van der Waals surface area contributed by atoms with Gasteiger partial charge in [-0.2, -0.15) is 0 Å². The molecule has 4 nitrogen and oxygen atoms in total. The first-order valence-corrected chi connectivity index (χ1v) is 2.08. The molecular weight excluding hydrogens is 110 g/mol. The van der Waals surface area contributed by atoms with Crippen molar-refractivity contribution in [2.24, 2.45) is 0 Å². The number of carbonyl (C=O) groups is 1. The SMILES string of the molecule is C=CN1OCC(=O)O1. The van der Waals surface area contributed by atoms with Crippen molar-refractivity contribution in [2.45, 2.75) is 0 Å². The molecule has 0 aromatic heterocycles. The standard InChI is InChI=1S/C4H5NO3/c1-2-5-7-3-4(6)8-5/h2H,1,3H2. The zero-order valence-corrected chi connectivity index (χ0v) is 4.16. The van der Waals surface area contributed by atoms with Crippen LogP contribution in [0.4, 0.5) is 0 Å². The summed E-state index contributed by atoms with van der Waals surface area (Å²) in [5.41, 5.74) is 0. The molecule has 1 heterocycles. The minimum atomic E-state index is -0.398. The van der Waals surface area contributed by atoms with Gasteiger partial charge in [0.15, 0.2) is 6.61 Å². The van der Waals surface area contributed by atoms with Crippen LogP contribution in [-0.4, -0.2) is 17.8 Å². The minimum Gasteiger partial charge on any atom is -0.313 e. The third-order valence-electron chi connectivity index (χ3n) is 0.651. The zero-order chi connectivity index (χ0) is 5.98. The highest BCUT2D eigenvalue weighted by Gasteiger charge is 2.17. The predicted octanol–water partition coefficient (Wildman–Crippen LogP) is -0.165. The molecule has 1 aliphatic heterocycles. The van der Waals surface area contributed by atoms with Gasteiger partial charge in [-0.1, -0.05) is 11.8 Å². The quantitative estimate of drug-likeness (QED) is 0.475. The fourth-order valence-electron chi connectivity index (χ4n) is 0.359. The van der Waals surface area contributed by atoms with Crippen molar-refractivity contribution in [1.82, 2.24) is 5.23 Å². The molecule has 0 atom stereocenters. The number of hydrogen-bond donors (Lipinski definition) is 0. The lowest BCUT2D eigenvalue weighted by Crippen LogP contribution is -2.06. The molecule has 0 bridgehead atoms. The Bertz CT molecular complexity index is 122. The van der Waals surface area contributed by atoms with Gasteiger partial charge >= 0.3 is 5.97 Å². The van der Waals surface area contributed by atoms with E-state index < -0.39 is 5.97 Å². The molecule has 0 unspecified atom stereocenters. The van der Waals surface area contributed by atoms with Crippen LogP contribution < -0.4 is 0 Å². The number of hydroxylamine groups is 2. The predicted molar refractivity (Wildman–Crippen MR) is 24.1 cm³/mol. The molecule has 0 aromatic carbocycles. The second-order valence-electron chi connectivity index (χ2n) is 1.20. The largest absolute Gasteiger partial charge is 0.363 e. The fraction of sp³-hybridized carbons (Fsp3) is 0.250. The Hall–Kier alpha value is -1.03. The molecular formula is C4H5NO3. The summed E-state index contributed by atoms with van der Waals surface area (Å²) in [5, 5.41) is 0.919. The normalized spacial score (nSPS) is 18.5. The van der Waals surface area contributed by atoms with E-state index in [0.717, 1.165) is 5.23 Å². The molecule has 1 saturated heterocycles. The summed E-state index contributed by atoms with van der Waals surface area (Å²) in [6, 6.07) is 0. The molecule has 44 valence electrons. The number of carbonyl (C=O) groups excluding carboxylic acids is 1. The monoisotopic (exact) mass is 115 g/mol. The third-order valence-corrected chi connectivity index (χ3v) is 0.651. The van der Waals surface area contributed by atoms with Gasteiger partial charge in [0.05, 0.1) is 6.20 Å². The van der Waals surface area contributed by atoms with E-state index in [4.69, 9.17) is 0 Å². The van der Waals surface area contributed by atoms with Gasteiger partial charge < -0.3 is 4.84 Å². The maximum atomic E-state index is 10.2. The van der Waals surface area contributed by atoms with Gasteiger partial charge in [-0.05, 0) is 0 Å². The molecule has 1 rings (SSSR count). The Morgan fingerprint density at radius 1 is 1.88 bits per heavy atom. The van der Waals surface area contributed by atoms with Gasteiger partial charge in [0.1, 0.15) is 0 Å². The van der Waals surface area contributed by atoms with Crippen LogP contribution in [0.2, 0.25) is 0 Å². The van der Waals surface area contributed by atoms with E-state index >= 15 is 0 Å². The van der Waals surface area contributed by atoms with E-state index in [-0.39, 0.29) is 6.61 Å². The molecule has 1 aliphatic rings. The molecule has 0 amide bonds. The molecule has 0 spiro atoms. The summed E-state index contributed by atoms with van der Waals surface area (Å²) in [7, 11) is 0. The van der Waals surface area contributed by atoms with Crippen molar-refractivity contribution in [2.75, 3.05) is 6.61 Å². The Kier molecular flexibility index (Phi) is 1.17. The number of rotatable bonds is 1. The van der Waals surface area contributed by atoms with Crippen LogP contribution in [0.1, 0.15) is 0 Å². The molecule has 0 aromatic rings. The maximum Gasteiger partial charge on any atom is 0.363 e. The molecule has 0 aliphatic carbocycles. The smallest absolute Gasteiger partial charge is 0.313 e. The first kappa shape index (κ1) is 5.11. The first-order chi connectivity index (χ1) is 3.83. The van der Waals surface area contributed by atoms with Gasteiger partial charge in [0.2, 0.25) is 0 Å². The molecule has 0 saturated carbocycles. The zero-order valence-electron chi connectivity index (χ0n) is 4.16. The summed E-state index contributed by atoms with van der Waals surface area (Å²) in [5.74, 6) is -0.398. The summed E-state index contributed by atoms with van der Waals surface area (Å²) >= 11 is 0. The van der Waals surface area contributed by atoms with Crippen LogP contribution in [0.25, 0.3) is 0 Å². The lowest BCUT2D eigenvalue weighted by atomic mass is 10.8. The van der Waals surface area contributed by atoms with E-state index in [1.54, 1.807) is 0 Å². The van der Waals surface area contributed by atoms with Crippen molar-refractivity contribution < 1.29 is 14.5 Å². The van der Waals surface area contributed by atoms with Gasteiger partial charge in [0, 0.05) is 0 Å². The first-order valence-electron chi connectivity index (χ1n) is 2.08. The highest BCUT2D eigenvalue weighted by Crippen LogP contribution is 2.01. The second-order valence-corrected chi connectivity index (χ2v) is 1.20. The van der Waals surface area contributed by atoms with Crippen LogP contribution in [0.3, 0.4) is 0 Å². The number of hydrogen-bond acceptors (Lipinski definition) is 4. The average molecular weight is 115 g/mol. The minimum absolute atomic E-state index is 0.0218. The average Bonchev–Trinajstić information content (AvgIpc) is 2.14. The number of nitrogens with zero attached hydrogens (tertiary/aromatic N) is 1. The molecule has 0 N–H and O–H groups in total. The molecule has 8 heavy (non-hydrogen) atoms. The summed E-state index contributed by atoms with van der Waals surface area (Å²) in [6.45, 7) is 3.28. The topological polar surface area (TPSA) is 38.8 Å². The van der Waals surface area contributed by atoms with E-state index in [9.17, 15) is 4.79 Å². The molecule has 0 radical (unpaired) electrons. The summed E-state index contributed by atoms with van der Waals surface area (Å²) in [6.07, 6.45) is 1.27. The second kappa shape index (κ2) is 1.83. The van der Waals surface area contributed by atoms with Crippen molar-refractivity contribution in [3.63, 3.8) is 0 Å². The van der Waals surface area contributed by atoms with E-state index in [1.807, 2.05) is 0 Å². The fourth-order valence-corrected chi connectivity index (χ4v) is 0.359. The Labute approximate surface area is 46.2 Å². The van der Waals surface area contributed by atoms with Crippen molar-refractivity contribution >= 4 is 5.97 Å². The van der Waals surface area contributed by atoms with E-state index in [0.29, 0.717) is 0 Å². The Morgan fingerprint density at radius 3 is 2.88 bits per heavy atom. The van der Waals surface area contributed by atoms with Crippen LogP contribution in [-0.2, 0) is 14.5 Å². The Balaban J connectivity index is 2.43. The van der Waals surface area contributed by atoms with Gasteiger partial charge in [-0.15, -0.1) is 0 Å². The van der Waals surface area contributed by atoms with Gasteiger partial charge in [0.25, 0.3) is 0 Å². The highest BCUT2D eigenvalue weighted by atomic mass is 17.0. The van der Waals surface area contributed by atoms with Crippen LogP contribution >= 0.6 is 0 Å². The van der Waals surface area contributed by atoms with Crippen molar-refractivity contribution in [3.05, 3.63) is 12.8 Å². The van der Waals surface area contributed by atoms with Gasteiger partial charge in [-0.25, -0.2) is 9.63 Å².